The van der Waals surface area contributed by atoms with Crippen LogP contribution in [0, 0.1) is 0 Å². The maximum atomic E-state index is 12.4. The second-order valence-electron chi connectivity index (χ2n) is 6.20. The zero-order chi connectivity index (χ0) is 17.1. The second kappa shape index (κ2) is 6.84. The number of carbonyl (C=O) groups is 1. The summed E-state index contributed by atoms with van der Waals surface area (Å²) < 4.78 is 2.05. The van der Waals surface area contributed by atoms with Crippen LogP contribution in [0.2, 0.25) is 0 Å². The van der Waals surface area contributed by atoms with Gasteiger partial charge < -0.3 is 5.32 Å². The van der Waals surface area contributed by atoms with Gasteiger partial charge in [0, 0.05) is 23.7 Å². The summed E-state index contributed by atoms with van der Waals surface area (Å²) in [7, 11) is 0. The van der Waals surface area contributed by atoms with Crippen molar-refractivity contribution in [3.05, 3.63) is 77.6 Å². The van der Waals surface area contributed by atoms with Crippen LogP contribution in [-0.4, -0.2) is 25.7 Å². The fraction of sp³-hybridized carbons (Fsp3) is 0.263. The molecule has 126 valence electrons. The summed E-state index contributed by atoms with van der Waals surface area (Å²) in [6.07, 6.45) is 9.38. The zero-order valence-corrected chi connectivity index (χ0v) is 13.8. The van der Waals surface area contributed by atoms with Gasteiger partial charge in [0.25, 0.3) is 5.91 Å². The van der Waals surface area contributed by atoms with Gasteiger partial charge in [0.05, 0.1) is 25.0 Å². The fourth-order valence-electron chi connectivity index (χ4n) is 3.31. The maximum absolute atomic E-state index is 12.4. The van der Waals surface area contributed by atoms with Crippen LogP contribution in [0.1, 0.15) is 46.2 Å². The van der Waals surface area contributed by atoms with Crippen LogP contribution in [0.5, 0.6) is 0 Å². The van der Waals surface area contributed by atoms with Gasteiger partial charge in [-0.1, -0.05) is 30.3 Å². The second-order valence-corrected chi connectivity index (χ2v) is 6.20. The molecule has 6 heteroatoms. The molecule has 0 bridgehead atoms. The van der Waals surface area contributed by atoms with E-state index >= 15 is 0 Å². The van der Waals surface area contributed by atoms with E-state index in [9.17, 15) is 4.79 Å². The average Bonchev–Trinajstić information content (AvgIpc) is 3.07. The molecule has 1 aliphatic carbocycles. The molecule has 0 aliphatic heterocycles. The Kier molecular flexibility index (Phi) is 4.24. The average molecular weight is 333 g/mol. The van der Waals surface area contributed by atoms with Gasteiger partial charge in [0.1, 0.15) is 5.69 Å². The smallest absolute Gasteiger partial charge is 0.271 e. The van der Waals surface area contributed by atoms with Crippen molar-refractivity contribution in [1.82, 2.24) is 25.1 Å². The summed E-state index contributed by atoms with van der Waals surface area (Å²) in [5.41, 5.74) is 3.88. The molecule has 0 fully saturated rings. The van der Waals surface area contributed by atoms with Crippen molar-refractivity contribution >= 4 is 5.91 Å². The topological polar surface area (TPSA) is 72.7 Å². The minimum atomic E-state index is -0.193. The molecule has 2 heterocycles. The van der Waals surface area contributed by atoms with Gasteiger partial charge in [-0.2, -0.15) is 5.10 Å². The van der Waals surface area contributed by atoms with Crippen LogP contribution in [0.3, 0.4) is 0 Å². The molecule has 1 aromatic carbocycles. The number of fused-ring (bicyclic) bond motifs is 1. The molecule has 0 saturated heterocycles. The lowest BCUT2D eigenvalue weighted by Crippen LogP contribution is -2.31. The Morgan fingerprint density at radius 3 is 2.88 bits per heavy atom. The van der Waals surface area contributed by atoms with E-state index in [1.807, 2.05) is 29.1 Å². The highest BCUT2D eigenvalue weighted by molar-refractivity contribution is 5.92. The third-order valence-electron chi connectivity index (χ3n) is 4.54. The van der Waals surface area contributed by atoms with Crippen molar-refractivity contribution in [2.24, 2.45) is 0 Å². The first-order chi connectivity index (χ1) is 12.3. The molecule has 1 amide bonds. The van der Waals surface area contributed by atoms with Crippen LogP contribution < -0.4 is 5.32 Å². The van der Waals surface area contributed by atoms with E-state index in [0.29, 0.717) is 5.69 Å². The molecule has 0 saturated carbocycles. The molecule has 0 spiro atoms. The predicted octanol–water partition coefficient (Wildman–Crippen LogP) is 2.53. The summed E-state index contributed by atoms with van der Waals surface area (Å²) in [6.45, 7) is 0.751. The van der Waals surface area contributed by atoms with E-state index in [1.54, 1.807) is 6.20 Å². The van der Waals surface area contributed by atoms with Gasteiger partial charge in [-0.3, -0.25) is 14.5 Å². The summed E-state index contributed by atoms with van der Waals surface area (Å²) in [5, 5.41) is 7.63. The number of nitrogens with one attached hydrogen (secondary N) is 1. The van der Waals surface area contributed by atoms with Crippen molar-refractivity contribution in [3.8, 4) is 0 Å². The number of carbonyl (C=O) groups excluding carboxylic acids is 1. The third-order valence-corrected chi connectivity index (χ3v) is 4.54. The molecule has 3 aromatic rings. The SMILES string of the molecule is O=C(N[C@@H]1CCCc2c1cnn2Cc1ccccc1)c1cnccn1. The molecular weight excluding hydrogens is 314 g/mol. The Morgan fingerprint density at radius 1 is 1.20 bits per heavy atom. The van der Waals surface area contributed by atoms with E-state index in [1.165, 1.54) is 23.7 Å². The van der Waals surface area contributed by atoms with Crippen molar-refractivity contribution in [3.63, 3.8) is 0 Å². The third kappa shape index (κ3) is 3.28. The van der Waals surface area contributed by atoms with Crippen molar-refractivity contribution in [1.29, 1.82) is 0 Å². The number of aromatic nitrogens is 4. The van der Waals surface area contributed by atoms with Gasteiger partial charge in [-0.25, -0.2) is 4.98 Å². The normalized spacial score (nSPS) is 16.2. The zero-order valence-electron chi connectivity index (χ0n) is 13.8. The number of rotatable bonds is 4. The summed E-state index contributed by atoms with van der Waals surface area (Å²) >= 11 is 0. The number of amides is 1. The highest BCUT2D eigenvalue weighted by atomic mass is 16.1. The lowest BCUT2D eigenvalue weighted by Gasteiger charge is -2.24. The number of hydrogen-bond donors (Lipinski definition) is 1. The predicted molar refractivity (Wildman–Crippen MR) is 92.9 cm³/mol. The summed E-state index contributed by atoms with van der Waals surface area (Å²) in [6, 6.07) is 10.3. The molecule has 4 rings (SSSR count). The number of hydrogen-bond acceptors (Lipinski definition) is 4. The molecule has 6 nitrogen and oxygen atoms in total. The fourth-order valence-corrected chi connectivity index (χ4v) is 3.31. The molecule has 1 aliphatic rings. The van der Waals surface area contributed by atoms with Crippen molar-refractivity contribution < 1.29 is 4.79 Å². The van der Waals surface area contributed by atoms with Crippen molar-refractivity contribution in [2.45, 2.75) is 31.8 Å². The van der Waals surface area contributed by atoms with Gasteiger partial charge in [0.15, 0.2) is 0 Å². The number of nitrogens with zero attached hydrogens (tertiary/aromatic N) is 4. The molecule has 0 radical (unpaired) electrons. The van der Waals surface area contributed by atoms with E-state index in [-0.39, 0.29) is 11.9 Å². The molecule has 1 N–H and O–H groups in total. The Bertz CT molecular complexity index is 860. The minimum Gasteiger partial charge on any atom is -0.344 e. The van der Waals surface area contributed by atoms with Crippen LogP contribution in [0.4, 0.5) is 0 Å². The molecule has 0 unspecified atom stereocenters. The van der Waals surface area contributed by atoms with Gasteiger partial charge >= 0.3 is 0 Å². The van der Waals surface area contributed by atoms with E-state index < -0.39 is 0 Å². The lowest BCUT2D eigenvalue weighted by molar-refractivity contribution is 0.0927. The Morgan fingerprint density at radius 2 is 2.08 bits per heavy atom. The Hall–Kier alpha value is -3.02. The van der Waals surface area contributed by atoms with Crippen LogP contribution in [0.25, 0.3) is 0 Å². The highest BCUT2D eigenvalue weighted by Gasteiger charge is 2.26. The summed E-state index contributed by atoms with van der Waals surface area (Å²) in [5.74, 6) is -0.193. The minimum absolute atomic E-state index is 0.0252. The van der Waals surface area contributed by atoms with Crippen LogP contribution in [-0.2, 0) is 13.0 Å². The van der Waals surface area contributed by atoms with Crippen LogP contribution >= 0.6 is 0 Å². The van der Waals surface area contributed by atoms with E-state index in [2.05, 4.69) is 32.5 Å². The maximum Gasteiger partial charge on any atom is 0.271 e. The van der Waals surface area contributed by atoms with Crippen LogP contribution in [0.15, 0.2) is 55.1 Å². The Balaban J connectivity index is 1.54. The molecule has 2 aromatic heterocycles. The number of benzene rings is 1. The van der Waals surface area contributed by atoms with E-state index in [4.69, 9.17) is 0 Å². The largest absolute Gasteiger partial charge is 0.344 e. The highest BCUT2D eigenvalue weighted by Crippen LogP contribution is 2.30. The monoisotopic (exact) mass is 333 g/mol. The standard InChI is InChI=1S/C19H19N5O/c25-19(17-12-20-9-10-21-17)23-16-7-4-8-18-15(16)11-22-24(18)13-14-5-2-1-3-6-14/h1-3,5-6,9-12,16H,4,7-8,13H2,(H,23,25)/t16-/m1/s1. The first kappa shape index (κ1) is 15.5. The van der Waals surface area contributed by atoms with E-state index in [0.717, 1.165) is 31.4 Å². The van der Waals surface area contributed by atoms with Gasteiger partial charge in [-0.05, 0) is 24.8 Å². The van der Waals surface area contributed by atoms with Gasteiger partial charge in [0.2, 0.25) is 0 Å². The first-order valence-electron chi connectivity index (χ1n) is 8.46. The first-order valence-corrected chi connectivity index (χ1v) is 8.46. The lowest BCUT2D eigenvalue weighted by atomic mass is 9.92. The molecular formula is C19H19N5O. The van der Waals surface area contributed by atoms with Gasteiger partial charge in [-0.15, -0.1) is 0 Å². The van der Waals surface area contributed by atoms with Crippen molar-refractivity contribution in [2.75, 3.05) is 0 Å². The summed E-state index contributed by atoms with van der Waals surface area (Å²) in [4.78, 5) is 20.4. The quantitative estimate of drug-likeness (QED) is 0.796. The molecule has 1 atom stereocenters. The molecule has 25 heavy (non-hydrogen) atoms. The Labute approximate surface area is 145 Å².